The minimum Gasteiger partial charge on any atom is -0.330 e. The van der Waals surface area contributed by atoms with E-state index in [-0.39, 0.29) is 0 Å². The molecule has 0 saturated carbocycles. The van der Waals surface area contributed by atoms with E-state index >= 15 is 0 Å². The lowest BCUT2D eigenvalue weighted by atomic mass is 10.0. The van der Waals surface area contributed by atoms with Crippen molar-refractivity contribution in [1.29, 1.82) is 5.41 Å². The number of anilines is 1. The van der Waals surface area contributed by atoms with Gasteiger partial charge in [-0.3, -0.25) is 5.41 Å². The molecule has 1 N–H and O–H groups in total. The molecule has 4 rings (SSSR count). The van der Waals surface area contributed by atoms with Gasteiger partial charge in [0.1, 0.15) is 5.84 Å². The van der Waals surface area contributed by atoms with Crippen molar-refractivity contribution in [1.82, 2.24) is 0 Å². The van der Waals surface area contributed by atoms with E-state index in [1.165, 1.54) is 34.4 Å². The van der Waals surface area contributed by atoms with E-state index in [1.807, 2.05) is 0 Å². The van der Waals surface area contributed by atoms with Crippen molar-refractivity contribution in [3.63, 3.8) is 0 Å². The van der Waals surface area contributed by atoms with Gasteiger partial charge < -0.3 is 4.90 Å². The summed E-state index contributed by atoms with van der Waals surface area (Å²) in [5.74, 6) is 0.770. The van der Waals surface area contributed by atoms with E-state index in [4.69, 9.17) is 5.41 Å². The first-order valence-corrected chi connectivity index (χ1v) is 7.39. The highest BCUT2D eigenvalue weighted by Crippen LogP contribution is 2.38. The van der Waals surface area contributed by atoms with Gasteiger partial charge in [0.05, 0.1) is 0 Å². The molecule has 100 valence electrons. The van der Waals surface area contributed by atoms with Gasteiger partial charge in [0.15, 0.2) is 0 Å². The Hall–Kier alpha value is -2.09. The van der Waals surface area contributed by atoms with Crippen LogP contribution in [0.2, 0.25) is 0 Å². The maximum Gasteiger partial charge on any atom is 0.100 e. The van der Waals surface area contributed by atoms with Crippen molar-refractivity contribution in [2.24, 2.45) is 0 Å². The van der Waals surface area contributed by atoms with E-state index in [9.17, 15) is 0 Å². The molecule has 2 nitrogen and oxygen atoms in total. The quantitative estimate of drug-likeness (QED) is 0.698. The van der Waals surface area contributed by atoms with Crippen LogP contribution in [0.5, 0.6) is 0 Å². The average Bonchev–Trinajstić information content (AvgIpc) is 2.85. The van der Waals surface area contributed by atoms with Crippen molar-refractivity contribution in [2.75, 3.05) is 11.4 Å². The smallest absolute Gasteiger partial charge is 0.100 e. The normalized spacial score (nSPS) is 17.0. The molecule has 0 aromatic heterocycles. The third-order valence-electron chi connectivity index (χ3n) is 4.46. The van der Waals surface area contributed by atoms with Crippen molar-refractivity contribution in [2.45, 2.75) is 25.7 Å². The van der Waals surface area contributed by atoms with E-state index in [0.29, 0.717) is 0 Å². The van der Waals surface area contributed by atoms with Crippen LogP contribution in [0.3, 0.4) is 0 Å². The molecular weight excluding hydrogens is 244 g/mol. The number of piperidine rings is 1. The molecular formula is C18H18N2. The third kappa shape index (κ3) is 1.75. The monoisotopic (exact) mass is 262 g/mol. The number of hydrogen-bond acceptors (Lipinski definition) is 1. The van der Waals surface area contributed by atoms with Gasteiger partial charge in [0.25, 0.3) is 0 Å². The molecule has 0 radical (unpaired) electrons. The van der Waals surface area contributed by atoms with Gasteiger partial charge in [0, 0.05) is 18.7 Å². The van der Waals surface area contributed by atoms with Crippen LogP contribution in [-0.4, -0.2) is 12.4 Å². The van der Waals surface area contributed by atoms with Gasteiger partial charge in [-0.2, -0.15) is 0 Å². The SMILES string of the molecule is N=C1CCCCN1c1ccc2c(c1)Cc1ccccc1-2. The highest BCUT2D eigenvalue weighted by Gasteiger charge is 2.21. The summed E-state index contributed by atoms with van der Waals surface area (Å²) >= 11 is 0. The summed E-state index contributed by atoms with van der Waals surface area (Å²) in [6.45, 7) is 0.991. The molecule has 0 amide bonds. The lowest BCUT2D eigenvalue weighted by molar-refractivity contribution is 0.707. The predicted molar refractivity (Wildman–Crippen MR) is 83.6 cm³/mol. The summed E-state index contributed by atoms with van der Waals surface area (Å²) in [5.41, 5.74) is 6.77. The van der Waals surface area contributed by atoms with Gasteiger partial charge in [-0.25, -0.2) is 0 Å². The first-order valence-electron chi connectivity index (χ1n) is 7.39. The van der Waals surface area contributed by atoms with E-state index < -0.39 is 0 Å². The van der Waals surface area contributed by atoms with Gasteiger partial charge in [-0.15, -0.1) is 0 Å². The lowest BCUT2D eigenvalue weighted by Crippen LogP contribution is -2.34. The zero-order valence-corrected chi connectivity index (χ0v) is 11.5. The van der Waals surface area contributed by atoms with E-state index in [0.717, 1.165) is 31.6 Å². The number of hydrogen-bond donors (Lipinski definition) is 1. The molecule has 2 aromatic rings. The van der Waals surface area contributed by atoms with Crippen molar-refractivity contribution in [3.05, 3.63) is 53.6 Å². The summed E-state index contributed by atoms with van der Waals surface area (Å²) in [5, 5.41) is 8.14. The van der Waals surface area contributed by atoms with Gasteiger partial charge >= 0.3 is 0 Å². The van der Waals surface area contributed by atoms with Crippen LogP contribution >= 0.6 is 0 Å². The summed E-state index contributed by atoms with van der Waals surface area (Å²) in [6.07, 6.45) is 4.29. The maximum atomic E-state index is 8.14. The van der Waals surface area contributed by atoms with Crippen LogP contribution < -0.4 is 4.90 Å². The molecule has 2 aliphatic rings. The van der Waals surface area contributed by atoms with Crippen molar-refractivity contribution >= 4 is 11.5 Å². The number of nitrogens with one attached hydrogen (secondary N) is 1. The summed E-state index contributed by atoms with van der Waals surface area (Å²) < 4.78 is 0. The van der Waals surface area contributed by atoms with Crippen LogP contribution in [0.1, 0.15) is 30.4 Å². The topological polar surface area (TPSA) is 27.1 Å². The van der Waals surface area contributed by atoms with Crippen LogP contribution in [-0.2, 0) is 6.42 Å². The average molecular weight is 262 g/mol. The third-order valence-corrected chi connectivity index (χ3v) is 4.46. The highest BCUT2D eigenvalue weighted by atomic mass is 15.2. The fourth-order valence-corrected chi connectivity index (χ4v) is 3.42. The molecule has 1 fully saturated rings. The second kappa shape index (κ2) is 4.48. The molecule has 20 heavy (non-hydrogen) atoms. The highest BCUT2D eigenvalue weighted by molar-refractivity contribution is 5.96. The first kappa shape index (κ1) is 11.7. The molecule has 0 bridgehead atoms. The Morgan fingerprint density at radius 1 is 0.900 bits per heavy atom. The molecule has 1 aliphatic carbocycles. The second-order valence-electron chi connectivity index (χ2n) is 5.73. The van der Waals surface area contributed by atoms with Crippen LogP contribution in [0.4, 0.5) is 5.69 Å². The second-order valence-corrected chi connectivity index (χ2v) is 5.73. The molecule has 1 saturated heterocycles. The number of fused-ring (bicyclic) bond motifs is 3. The summed E-state index contributed by atoms with van der Waals surface area (Å²) in [6, 6.07) is 15.4. The zero-order valence-electron chi connectivity index (χ0n) is 11.5. The molecule has 0 spiro atoms. The lowest BCUT2D eigenvalue weighted by Gasteiger charge is -2.29. The fraction of sp³-hybridized carbons (Fsp3) is 0.278. The zero-order chi connectivity index (χ0) is 13.5. The largest absolute Gasteiger partial charge is 0.330 e. The van der Waals surface area contributed by atoms with Gasteiger partial charge in [-0.1, -0.05) is 30.3 Å². The number of amidine groups is 1. The number of benzene rings is 2. The number of nitrogens with zero attached hydrogens (tertiary/aromatic N) is 1. The predicted octanol–water partition coefficient (Wildman–Crippen LogP) is 4.23. The van der Waals surface area contributed by atoms with Crippen LogP contribution in [0, 0.1) is 5.41 Å². The molecule has 1 heterocycles. The maximum absolute atomic E-state index is 8.14. The minimum atomic E-state index is 0.770. The number of rotatable bonds is 1. The van der Waals surface area contributed by atoms with Crippen molar-refractivity contribution < 1.29 is 0 Å². The van der Waals surface area contributed by atoms with Gasteiger partial charge in [-0.05, 0) is 53.6 Å². The van der Waals surface area contributed by atoms with Gasteiger partial charge in [0.2, 0.25) is 0 Å². The first-order chi connectivity index (χ1) is 9.83. The molecule has 2 heteroatoms. The molecule has 0 unspecified atom stereocenters. The molecule has 0 atom stereocenters. The van der Waals surface area contributed by atoms with E-state index in [2.05, 4.69) is 47.4 Å². The minimum absolute atomic E-state index is 0.770. The Morgan fingerprint density at radius 3 is 2.65 bits per heavy atom. The standard InChI is InChI=1S/C18H18N2/c19-18-7-3-4-10-20(18)15-8-9-17-14(12-15)11-13-5-1-2-6-16(13)17/h1-2,5-6,8-9,12,19H,3-4,7,10-11H2. The Balaban J connectivity index is 1.73. The van der Waals surface area contributed by atoms with Crippen molar-refractivity contribution in [3.8, 4) is 11.1 Å². The summed E-state index contributed by atoms with van der Waals surface area (Å²) in [7, 11) is 0. The molecule has 2 aromatic carbocycles. The van der Waals surface area contributed by atoms with E-state index in [1.54, 1.807) is 0 Å². The fourth-order valence-electron chi connectivity index (χ4n) is 3.42. The molecule has 1 aliphatic heterocycles. The van der Waals surface area contributed by atoms with Crippen LogP contribution in [0.15, 0.2) is 42.5 Å². The van der Waals surface area contributed by atoms with Crippen LogP contribution in [0.25, 0.3) is 11.1 Å². The summed E-state index contributed by atoms with van der Waals surface area (Å²) in [4.78, 5) is 2.17. The Kier molecular flexibility index (Phi) is 2.62. The Labute approximate surface area is 119 Å². The Morgan fingerprint density at radius 2 is 1.75 bits per heavy atom. The Bertz CT molecular complexity index is 688.